The Bertz CT molecular complexity index is 1520. The highest BCUT2D eigenvalue weighted by molar-refractivity contribution is 6.33. The van der Waals surface area contributed by atoms with Gasteiger partial charge in [-0.3, -0.25) is 4.79 Å². The molecule has 198 valence electrons. The molecule has 4 aromatic rings. The number of rotatable bonds is 10. The van der Waals surface area contributed by atoms with Crippen LogP contribution in [-0.4, -0.2) is 47.9 Å². The number of nitrogens with zero attached hydrogens (tertiary/aromatic N) is 4. The number of ether oxygens (including phenoxy) is 2. The summed E-state index contributed by atoms with van der Waals surface area (Å²) in [4.78, 5) is 24.7. The van der Waals surface area contributed by atoms with E-state index in [0.717, 1.165) is 12.8 Å². The molecule has 1 saturated carbocycles. The maximum atomic E-state index is 11.1. The third kappa shape index (κ3) is 5.49. The molecule has 0 unspecified atom stereocenters. The van der Waals surface area contributed by atoms with Gasteiger partial charge in [0.2, 0.25) is 5.88 Å². The molecular formula is C27H26Cl2N4O5. The minimum absolute atomic E-state index is 0.0867. The molecule has 1 aliphatic carbocycles. The average molecular weight is 557 g/mol. The number of hydrogen-bond donors (Lipinski definition) is 2. The SMILES string of the molecule is C[C@@H](CCOc1ccc(-c2nc3c(OC4(C)CC4)ncnc3n2Cc2cc(Cl)ccc2O)c(Cl)c1)C(=O)O. The first kappa shape index (κ1) is 26.1. The van der Waals surface area contributed by atoms with E-state index in [-0.39, 0.29) is 24.5 Å². The number of aromatic hydroxyl groups is 1. The van der Waals surface area contributed by atoms with Crippen molar-refractivity contribution < 1.29 is 24.5 Å². The quantitative estimate of drug-likeness (QED) is 0.245. The fourth-order valence-electron chi connectivity index (χ4n) is 3.95. The van der Waals surface area contributed by atoms with Crippen molar-refractivity contribution in [3.63, 3.8) is 0 Å². The summed E-state index contributed by atoms with van der Waals surface area (Å²) in [6, 6.07) is 10.0. The van der Waals surface area contributed by atoms with Gasteiger partial charge in [0.05, 0.1) is 24.1 Å². The van der Waals surface area contributed by atoms with Gasteiger partial charge in [-0.15, -0.1) is 0 Å². The van der Waals surface area contributed by atoms with Crippen molar-refractivity contribution in [1.29, 1.82) is 0 Å². The van der Waals surface area contributed by atoms with Crippen molar-refractivity contribution in [2.45, 2.75) is 45.3 Å². The first-order chi connectivity index (χ1) is 18.1. The lowest BCUT2D eigenvalue weighted by Gasteiger charge is -2.13. The van der Waals surface area contributed by atoms with E-state index in [9.17, 15) is 9.90 Å². The molecule has 1 aliphatic rings. The second kappa shape index (κ2) is 10.3. The maximum Gasteiger partial charge on any atom is 0.306 e. The molecule has 1 atom stereocenters. The van der Waals surface area contributed by atoms with Crippen LogP contribution in [0.25, 0.3) is 22.6 Å². The van der Waals surface area contributed by atoms with Crippen LogP contribution in [0.5, 0.6) is 17.4 Å². The number of aliphatic carboxylic acids is 1. The van der Waals surface area contributed by atoms with Crippen LogP contribution < -0.4 is 9.47 Å². The predicted octanol–water partition coefficient (Wildman–Crippen LogP) is 5.97. The molecule has 0 radical (unpaired) electrons. The summed E-state index contributed by atoms with van der Waals surface area (Å²) in [7, 11) is 0. The van der Waals surface area contributed by atoms with Crippen molar-refractivity contribution in [3.8, 4) is 28.8 Å². The van der Waals surface area contributed by atoms with E-state index in [0.29, 0.717) is 56.2 Å². The smallest absolute Gasteiger partial charge is 0.306 e. The van der Waals surface area contributed by atoms with Crippen LogP contribution >= 0.6 is 23.2 Å². The van der Waals surface area contributed by atoms with Crippen molar-refractivity contribution in [2.75, 3.05) is 6.61 Å². The zero-order valence-corrected chi connectivity index (χ0v) is 22.3. The third-order valence-electron chi connectivity index (χ3n) is 6.59. The van der Waals surface area contributed by atoms with Crippen LogP contribution in [0.15, 0.2) is 42.7 Å². The lowest BCUT2D eigenvalue weighted by atomic mass is 10.1. The van der Waals surface area contributed by atoms with Crippen molar-refractivity contribution in [3.05, 3.63) is 58.3 Å². The summed E-state index contributed by atoms with van der Waals surface area (Å²) in [5, 5.41) is 20.4. The molecule has 0 spiro atoms. The molecule has 9 nitrogen and oxygen atoms in total. The second-order valence-corrected chi connectivity index (χ2v) is 10.6. The molecule has 1 fully saturated rings. The Morgan fingerprint density at radius 2 is 1.97 bits per heavy atom. The average Bonchev–Trinajstić information content (AvgIpc) is 3.49. The lowest BCUT2D eigenvalue weighted by molar-refractivity contribution is -0.141. The fraction of sp³-hybridized carbons (Fsp3) is 0.333. The summed E-state index contributed by atoms with van der Waals surface area (Å²) in [6.07, 6.45) is 3.66. The second-order valence-electron chi connectivity index (χ2n) is 9.72. The number of hydrogen-bond acceptors (Lipinski definition) is 7. The van der Waals surface area contributed by atoms with Gasteiger partial charge in [0.15, 0.2) is 11.2 Å². The molecule has 2 aromatic heterocycles. The Hall–Kier alpha value is -3.56. The predicted molar refractivity (Wildman–Crippen MR) is 143 cm³/mol. The number of phenols is 1. The molecule has 38 heavy (non-hydrogen) atoms. The Labute approximate surface area is 229 Å². The number of benzene rings is 2. The van der Waals surface area contributed by atoms with Crippen molar-refractivity contribution >= 4 is 40.3 Å². The van der Waals surface area contributed by atoms with E-state index in [1.807, 2.05) is 11.5 Å². The first-order valence-corrected chi connectivity index (χ1v) is 12.9. The van der Waals surface area contributed by atoms with Gasteiger partial charge < -0.3 is 24.3 Å². The molecule has 0 bridgehead atoms. The Morgan fingerprint density at radius 3 is 2.68 bits per heavy atom. The molecule has 2 N–H and O–H groups in total. The number of carboxylic acids is 1. The molecule has 0 amide bonds. The molecule has 0 saturated heterocycles. The number of phenolic OH excluding ortho intramolecular Hbond substituents is 1. The highest BCUT2D eigenvalue weighted by Gasteiger charge is 2.41. The number of halogens is 2. The number of fused-ring (bicyclic) bond motifs is 1. The van der Waals surface area contributed by atoms with E-state index < -0.39 is 11.9 Å². The van der Waals surface area contributed by atoms with Gasteiger partial charge in [0.25, 0.3) is 0 Å². The van der Waals surface area contributed by atoms with Gasteiger partial charge >= 0.3 is 5.97 Å². The minimum Gasteiger partial charge on any atom is -0.508 e. The van der Waals surface area contributed by atoms with Gasteiger partial charge in [0.1, 0.15) is 29.3 Å². The summed E-state index contributed by atoms with van der Waals surface area (Å²) in [6.45, 7) is 4.11. The zero-order valence-electron chi connectivity index (χ0n) is 20.8. The normalized spacial score (nSPS) is 14.8. The van der Waals surface area contributed by atoms with E-state index in [1.54, 1.807) is 37.3 Å². The Morgan fingerprint density at radius 1 is 1.18 bits per heavy atom. The number of imidazole rings is 1. The topological polar surface area (TPSA) is 120 Å². The molecular weight excluding hydrogens is 531 g/mol. The van der Waals surface area contributed by atoms with E-state index >= 15 is 0 Å². The van der Waals surface area contributed by atoms with E-state index in [4.69, 9.17) is 42.8 Å². The van der Waals surface area contributed by atoms with Crippen LogP contribution in [0, 0.1) is 5.92 Å². The van der Waals surface area contributed by atoms with Crippen LogP contribution in [-0.2, 0) is 11.3 Å². The van der Waals surface area contributed by atoms with Crippen LogP contribution in [0.2, 0.25) is 10.0 Å². The Balaban J connectivity index is 1.54. The lowest BCUT2D eigenvalue weighted by Crippen LogP contribution is -2.13. The summed E-state index contributed by atoms with van der Waals surface area (Å²) < 4.78 is 13.7. The molecule has 11 heteroatoms. The van der Waals surface area contributed by atoms with Crippen LogP contribution in [0.3, 0.4) is 0 Å². The van der Waals surface area contributed by atoms with Gasteiger partial charge in [-0.2, -0.15) is 4.98 Å². The van der Waals surface area contributed by atoms with E-state index in [1.165, 1.54) is 12.4 Å². The standard InChI is InChI=1S/C27H26Cl2N4O5/c1-15(26(35)36)7-10-37-18-4-5-19(20(29)12-18)23-32-22-24(30-14-31-25(22)38-27(2)8-9-27)33(23)13-16-11-17(28)3-6-21(16)34/h3-6,11-12,14-15,34H,7-10,13H2,1-2H3,(H,35,36)/t15-/m0/s1. The van der Waals surface area contributed by atoms with Gasteiger partial charge in [-0.25, -0.2) is 9.97 Å². The number of carboxylic acid groups (broad SMARTS) is 1. The van der Waals surface area contributed by atoms with E-state index in [2.05, 4.69) is 9.97 Å². The van der Waals surface area contributed by atoms with Crippen LogP contribution in [0.1, 0.15) is 38.7 Å². The third-order valence-corrected chi connectivity index (χ3v) is 7.14. The fourth-order valence-corrected chi connectivity index (χ4v) is 4.40. The zero-order chi connectivity index (χ0) is 27.0. The van der Waals surface area contributed by atoms with Crippen molar-refractivity contribution in [2.24, 2.45) is 5.92 Å². The summed E-state index contributed by atoms with van der Waals surface area (Å²) in [5.74, 6) is 0.105. The first-order valence-electron chi connectivity index (χ1n) is 12.2. The maximum absolute atomic E-state index is 11.1. The summed E-state index contributed by atoms with van der Waals surface area (Å²) in [5.41, 5.74) is 1.92. The molecule has 5 rings (SSSR count). The van der Waals surface area contributed by atoms with Gasteiger partial charge in [-0.05, 0) is 62.6 Å². The highest BCUT2D eigenvalue weighted by atomic mass is 35.5. The number of carbonyl (C=O) groups is 1. The highest BCUT2D eigenvalue weighted by Crippen LogP contribution is 2.41. The van der Waals surface area contributed by atoms with Gasteiger partial charge in [0, 0.05) is 16.1 Å². The molecule has 0 aliphatic heterocycles. The monoisotopic (exact) mass is 556 g/mol. The van der Waals surface area contributed by atoms with Crippen LogP contribution in [0.4, 0.5) is 0 Å². The van der Waals surface area contributed by atoms with Crippen molar-refractivity contribution in [1.82, 2.24) is 19.5 Å². The molecule has 2 aromatic carbocycles. The summed E-state index contributed by atoms with van der Waals surface area (Å²) >= 11 is 12.9. The number of aromatic nitrogens is 4. The van der Waals surface area contributed by atoms with Gasteiger partial charge in [-0.1, -0.05) is 30.1 Å². The largest absolute Gasteiger partial charge is 0.508 e. The Kier molecular flexibility index (Phi) is 7.07. The molecule has 2 heterocycles. The minimum atomic E-state index is -0.867.